The van der Waals surface area contributed by atoms with Gasteiger partial charge in [-0.2, -0.15) is 13.2 Å². The van der Waals surface area contributed by atoms with E-state index in [1.807, 2.05) is 0 Å². The van der Waals surface area contributed by atoms with Crippen molar-refractivity contribution in [3.8, 4) is 29.1 Å². The third-order valence-electron chi connectivity index (χ3n) is 6.09. The number of benzene rings is 3. The molecule has 7 nitrogen and oxygen atoms in total. The lowest BCUT2D eigenvalue weighted by atomic mass is 10.1. The predicted octanol–water partition coefficient (Wildman–Crippen LogP) is 8.12. The van der Waals surface area contributed by atoms with Crippen molar-refractivity contribution < 1.29 is 50.3 Å². The molecule has 0 unspecified atom stereocenters. The van der Waals surface area contributed by atoms with Crippen LogP contribution in [0.4, 0.5) is 32.0 Å². The topological polar surface area (TPSA) is 87.9 Å². The number of nitro benzene ring substituents is 1. The van der Waals surface area contributed by atoms with E-state index in [0.717, 1.165) is 44.2 Å². The lowest BCUT2D eigenvalue weighted by molar-refractivity contribution is -0.386. The maximum absolute atomic E-state index is 14.5. The number of carbonyl (C=O) groups excluding carboxylic acids is 1. The van der Waals surface area contributed by atoms with Crippen LogP contribution in [0.25, 0.3) is 0 Å². The number of hydrogen-bond donors (Lipinski definition) is 0. The Bertz CT molecular complexity index is 1520. The second-order valence-electron chi connectivity index (χ2n) is 9.46. The SMILES string of the molecule is CCCCCCCOc1ccc(C#Cc2ccc(OC(=O)c3ccc(OCC(F)(F)C(F)F)c([N+](=O)[O-])c3)cc2)c(F)c1F. The Hall–Kier alpha value is -4.73. The maximum Gasteiger partial charge on any atom is 0.343 e. The average Bonchev–Trinajstić information content (AvgIpc) is 3.00. The number of carbonyl (C=O) groups is 1. The van der Waals surface area contributed by atoms with Crippen LogP contribution in [0.5, 0.6) is 17.2 Å². The fourth-order valence-electron chi connectivity index (χ4n) is 3.69. The Morgan fingerprint density at radius 2 is 1.59 bits per heavy atom. The summed E-state index contributed by atoms with van der Waals surface area (Å²) in [5, 5.41) is 11.3. The number of esters is 1. The van der Waals surface area contributed by atoms with E-state index in [1.165, 1.54) is 36.4 Å². The maximum atomic E-state index is 14.5. The summed E-state index contributed by atoms with van der Waals surface area (Å²) >= 11 is 0. The van der Waals surface area contributed by atoms with Crippen LogP contribution in [0.2, 0.25) is 0 Å². The fraction of sp³-hybridized carbons (Fsp3) is 0.323. The molecule has 0 amide bonds. The molecule has 3 aromatic rings. The van der Waals surface area contributed by atoms with Gasteiger partial charge in [0.05, 0.1) is 22.7 Å². The molecule has 0 aliphatic rings. The highest BCUT2D eigenvalue weighted by Gasteiger charge is 2.42. The zero-order valence-corrected chi connectivity index (χ0v) is 23.4. The van der Waals surface area contributed by atoms with Crippen LogP contribution >= 0.6 is 0 Å². The molecule has 0 atom stereocenters. The molecule has 0 saturated carbocycles. The lowest BCUT2D eigenvalue weighted by Gasteiger charge is -2.16. The van der Waals surface area contributed by atoms with E-state index < -0.39 is 52.9 Å². The molecular formula is C31H27F6NO6. The van der Waals surface area contributed by atoms with Gasteiger partial charge in [-0.05, 0) is 55.0 Å². The Labute approximate surface area is 248 Å². The molecule has 0 aliphatic carbocycles. The fourth-order valence-corrected chi connectivity index (χ4v) is 3.69. The van der Waals surface area contributed by atoms with Gasteiger partial charge in [0.25, 0.3) is 0 Å². The Morgan fingerprint density at radius 3 is 2.25 bits per heavy atom. The lowest BCUT2D eigenvalue weighted by Crippen LogP contribution is -2.33. The van der Waals surface area contributed by atoms with Crippen molar-refractivity contribution in [1.82, 2.24) is 0 Å². The van der Waals surface area contributed by atoms with E-state index in [1.54, 1.807) is 0 Å². The molecule has 234 valence electrons. The summed E-state index contributed by atoms with van der Waals surface area (Å²) in [6.45, 7) is 0.546. The molecule has 0 aliphatic heterocycles. The van der Waals surface area contributed by atoms with E-state index >= 15 is 0 Å². The molecule has 44 heavy (non-hydrogen) atoms. The highest BCUT2D eigenvalue weighted by atomic mass is 19.3. The third-order valence-corrected chi connectivity index (χ3v) is 6.09. The summed E-state index contributed by atoms with van der Waals surface area (Å²) in [7, 11) is 0. The van der Waals surface area contributed by atoms with E-state index in [4.69, 9.17) is 9.47 Å². The first-order valence-electron chi connectivity index (χ1n) is 13.4. The van der Waals surface area contributed by atoms with Crippen LogP contribution < -0.4 is 14.2 Å². The first-order chi connectivity index (χ1) is 20.9. The van der Waals surface area contributed by atoms with E-state index in [0.29, 0.717) is 11.6 Å². The Morgan fingerprint density at radius 1 is 0.909 bits per heavy atom. The van der Waals surface area contributed by atoms with Crippen molar-refractivity contribution in [2.75, 3.05) is 13.2 Å². The number of rotatable bonds is 14. The number of unbranched alkanes of at least 4 members (excludes halogenated alkanes) is 4. The smallest absolute Gasteiger partial charge is 0.343 e. The summed E-state index contributed by atoms with van der Waals surface area (Å²) < 4.78 is 94.9. The van der Waals surface area contributed by atoms with Crippen LogP contribution in [-0.2, 0) is 0 Å². The monoisotopic (exact) mass is 623 g/mol. The van der Waals surface area contributed by atoms with Crippen LogP contribution in [0.3, 0.4) is 0 Å². The van der Waals surface area contributed by atoms with E-state index in [-0.39, 0.29) is 29.2 Å². The minimum atomic E-state index is -4.54. The second kappa shape index (κ2) is 15.7. The van der Waals surface area contributed by atoms with Gasteiger partial charge in [-0.1, -0.05) is 44.4 Å². The zero-order chi connectivity index (χ0) is 32.3. The number of nitrogens with zero attached hydrogens (tertiary/aromatic N) is 1. The van der Waals surface area contributed by atoms with Crippen molar-refractivity contribution in [3.05, 3.63) is 93.0 Å². The molecule has 0 aromatic heterocycles. The summed E-state index contributed by atoms with van der Waals surface area (Å²) in [6, 6.07) is 10.6. The first kappa shape index (κ1) is 33.8. The van der Waals surface area contributed by atoms with Crippen molar-refractivity contribution >= 4 is 11.7 Å². The first-order valence-corrected chi connectivity index (χ1v) is 13.4. The van der Waals surface area contributed by atoms with Gasteiger partial charge in [-0.25, -0.2) is 18.0 Å². The van der Waals surface area contributed by atoms with E-state index in [9.17, 15) is 41.3 Å². The molecular weight excluding hydrogens is 596 g/mol. The van der Waals surface area contributed by atoms with Crippen LogP contribution in [-0.4, -0.2) is 36.5 Å². The number of alkyl halides is 4. The average molecular weight is 624 g/mol. The highest BCUT2D eigenvalue weighted by Crippen LogP contribution is 2.31. The van der Waals surface area contributed by atoms with Crippen LogP contribution in [0.1, 0.15) is 60.5 Å². The summed E-state index contributed by atoms with van der Waals surface area (Å²) in [5.74, 6) is -3.65. The van der Waals surface area contributed by atoms with Crippen LogP contribution in [0, 0.1) is 33.6 Å². The van der Waals surface area contributed by atoms with Gasteiger partial charge in [0.15, 0.2) is 23.9 Å². The summed E-state index contributed by atoms with van der Waals surface area (Å²) in [6.07, 6.45) is 0.861. The minimum Gasteiger partial charge on any atom is -0.490 e. The molecule has 0 bridgehead atoms. The van der Waals surface area contributed by atoms with Gasteiger partial charge in [-0.15, -0.1) is 0 Å². The van der Waals surface area contributed by atoms with Gasteiger partial charge >= 0.3 is 24.0 Å². The number of nitro groups is 1. The molecule has 0 N–H and O–H groups in total. The molecule has 0 radical (unpaired) electrons. The molecule has 3 rings (SSSR count). The number of ether oxygens (including phenoxy) is 3. The molecule has 0 fully saturated rings. The highest BCUT2D eigenvalue weighted by molar-refractivity contribution is 5.92. The normalized spacial score (nSPS) is 11.1. The molecule has 0 heterocycles. The minimum absolute atomic E-state index is 0.00599. The largest absolute Gasteiger partial charge is 0.490 e. The van der Waals surface area contributed by atoms with Crippen molar-refractivity contribution in [2.45, 2.75) is 51.4 Å². The standard InChI is InChI=1S/C31H27F6NO6/c1-2-3-4-5-6-17-42-26-16-11-21(27(32)28(26)33)10-7-20-8-13-23(14-9-20)44-29(39)22-12-15-25(24(18-22)38(40)41)43-19-31(36,37)30(34)35/h8-9,11-16,18,30H,2-6,17,19H2,1H3. The zero-order valence-electron chi connectivity index (χ0n) is 23.4. The van der Waals surface area contributed by atoms with Crippen molar-refractivity contribution in [1.29, 1.82) is 0 Å². The molecule has 0 spiro atoms. The third kappa shape index (κ3) is 9.39. The molecule has 3 aromatic carbocycles. The predicted molar refractivity (Wildman–Crippen MR) is 148 cm³/mol. The quantitative estimate of drug-likeness (QED) is 0.0343. The van der Waals surface area contributed by atoms with Crippen molar-refractivity contribution in [3.63, 3.8) is 0 Å². The van der Waals surface area contributed by atoms with E-state index in [2.05, 4.69) is 23.5 Å². The van der Waals surface area contributed by atoms with Gasteiger partial charge < -0.3 is 14.2 Å². The Kier molecular flexibility index (Phi) is 12.0. The van der Waals surface area contributed by atoms with Gasteiger partial charge in [-0.3, -0.25) is 10.1 Å². The number of halogens is 6. The van der Waals surface area contributed by atoms with Gasteiger partial charge in [0.2, 0.25) is 5.82 Å². The van der Waals surface area contributed by atoms with Gasteiger partial charge in [0.1, 0.15) is 5.75 Å². The second-order valence-corrected chi connectivity index (χ2v) is 9.46. The molecule has 13 heteroatoms. The molecule has 0 saturated heterocycles. The summed E-state index contributed by atoms with van der Waals surface area (Å²) in [4.78, 5) is 22.8. The van der Waals surface area contributed by atoms with Crippen LogP contribution in [0.15, 0.2) is 54.6 Å². The van der Waals surface area contributed by atoms with Crippen molar-refractivity contribution in [2.24, 2.45) is 0 Å². The Balaban J connectivity index is 1.63. The summed E-state index contributed by atoms with van der Waals surface area (Å²) in [5.41, 5.74) is -1.11. The number of hydrogen-bond acceptors (Lipinski definition) is 6. The van der Waals surface area contributed by atoms with Gasteiger partial charge in [0, 0.05) is 11.6 Å².